The van der Waals surface area contributed by atoms with Gasteiger partial charge in [-0.3, -0.25) is 0 Å². The summed E-state index contributed by atoms with van der Waals surface area (Å²) in [6, 6.07) is 10.8. The minimum atomic E-state index is 0.304. The van der Waals surface area contributed by atoms with Gasteiger partial charge in [0.1, 0.15) is 6.07 Å². The summed E-state index contributed by atoms with van der Waals surface area (Å²) in [7, 11) is 0. The number of hydrogen-bond acceptors (Lipinski definition) is 4. The third-order valence-electron chi connectivity index (χ3n) is 2.96. The van der Waals surface area contributed by atoms with Crippen LogP contribution in [0.1, 0.15) is 25.0 Å². The Morgan fingerprint density at radius 2 is 2.25 bits per heavy atom. The van der Waals surface area contributed by atoms with E-state index in [0.29, 0.717) is 6.04 Å². The monoisotopic (exact) mass is 302 g/mol. The molecule has 1 atom stereocenters. The van der Waals surface area contributed by atoms with Crippen LogP contribution in [0.25, 0.3) is 0 Å². The van der Waals surface area contributed by atoms with E-state index in [-0.39, 0.29) is 0 Å². The molecule has 2 nitrogen and oxygen atoms in total. The fourth-order valence-corrected chi connectivity index (χ4v) is 3.59. The highest BCUT2D eigenvalue weighted by atomic mass is 32.2. The molecule has 2 aromatic rings. The quantitative estimate of drug-likeness (QED) is 0.780. The maximum Gasteiger partial charge on any atom is 0.102 e. The highest BCUT2D eigenvalue weighted by Crippen LogP contribution is 2.28. The molecule has 0 aliphatic rings. The Morgan fingerprint density at radius 3 is 2.90 bits per heavy atom. The smallest absolute Gasteiger partial charge is 0.102 e. The molecule has 2 rings (SSSR count). The lowest BCUT2D eigenvalue weighted by molar-refractivity contribution is 0.791. The van der Waals surface area contributed by atoms with Crippen LogP contribution in [0.15, 0.2) is 39.9 Å². The molecule has 1 aromatic heterocycles. The standard InChI is InChI=1S/C16H18N2S2/c1-3-20-16-6-4-5-15(14(16)10-17)18-12(2)9-13-7-8-19-11-13/h4-8,11-12,18H,3,9H2,1-2H3. The molecule has 0 radical (unpaired) electrons. The summed E-state index contributed by atoms with van der Waals surface area (Å²) in [5, 5.41) is 17.1. The Hall–Kier alpha value is -1.44. The summed E-state index contributed by atoms with van der Waals surface area (Å²) in [6.07, 6.45) is 0.972. The number of thiophene rings is 1. The van der Waals surface area contributed by atoms with E-state index in [1.807, 2.05) is 18.2 Å². The number of nitrogens with one attached hydrogen (secondary N) is 1. The topological polar surface area (TPSA) is 35.8 Å². The summed E-state index contributed by atoms with van der Waals surface area (Å²) in [4.78, 5) is 1.06. The van der Waals surface area contributed by atoms with E-state index in [4.69, 9.17) is 0 Å². The first-order chi connectivity index (χ1) is 9.74. The zero-order chi connectivity index (χ0) is 14.4. The highest BCUT2D eigenvalue weighted by Gasteiger charge is 2.11. The largest absolute Gasteiger partial charge is 0.381 e. The predicted molar refractivity (Wildman–Crippen MR) is 88.7 cm³/mol. The molecule has 0 amide bonds. The SMILES string of the molecule is CCSc1cccc(NC(C)Cc2ccsc2)c1C#N. The lowest BCUT2D eigenvalue weighted by Gasteiger charge is -2.17. The van der Waals surface area contributed by atoms with Gasteiger partial charge in [-0.15, -0.1) is 11.8 Å². The van der Waals surface area contributed by atoms with Crippen molar-refractivity contribution < 1.29 is 0 Å². The number of benzene rings is 1. The van der Waals surface area contributed by atoms with Gasteiger partial charge in [0, 0.05) is 10.9 Å². The van der Waals surface area contributed by atoms with Crippen LogP contribution in [-0.2, 0) is 6.42 Å². The first kappa shape index (κ1) is 15.0. The Labute approximate surface area is 128 Å². The first-order valence-corrected chi connectivity index (χ1v) is 8.61. The molecular weight excluding hydrogens is 284 g/mol. The van der Waals surface area contributed by atoms with Crippen molar-refractivity contribution in [3.8, 4) is 6.07 Å². The maximum absolute atomic E-state index is 9.39. The molecule has 1 heterocycles. The Balaban J connectivity index is 2.12. The molecule has 104 valence electrons. The number of anilines is 1. The van der Waals surface area contributed by atoms with E-state index in [0.717, 1.165) is 28.3 Å². The van der Waals surface area contributed by atoms with Gasteiger partial charge in [-0.1, -0.05) is 13.0 Å². The minimum Gasteiger partial charge on any atom is -0.381 e. The molecule has 1 unspecified atom stereocenters. The van der Waals surface area contributed by atoms with Gasteiger partial charge in [0.15, 0.2) is 0 Å². The second kappa shape index (κ2) is 7.37. The predicted octanol–water partition coefficient (Wildman–Crippen LogP) is 4.77. The second-order valence-electron chi connectivity index (χ2n) is 4.60. The molecule has 0 saturated heterocycles. The maximum atomic E-state index is 9.39. The van der Waals surface area contributed by atoms with E-state index in [1.54, 1.807) is 23.1 Å². The van der Waals surface area contributed by atoms with Gasteiger partial charge < -0.3 is 5.32 Å². The van der Waals surface area contributed by atoms with Crippen LogP contribution in [-0.4, -0.2) is 11.8 Å². The third-order valence-corrected chi connectivity index (χ3v) is 4.63. The van der Waals surface area contributed by atoms with Crippen LogP contribution >= 0.6 is 23.1 Å². The number of thioether (sulfide) groups is 1. The molecule has 20 heavy (non-hydrogen) atoms. The van der Waals surface area contributed by atoms with E-state index < -0.39 is 0 Å². The molecule has 0 aliphatic carbocycles. The van der Waals surface area contributed by atoms with Crippen molar-refractivity contribution in [3.63, 3.8) is 0 Å². The molecule has 0 aliphatic heterocycles. The van der Waals surface area contributed by atoms with Crippen LogP contribution in [0, 0.1) is 11.3 Å². The summed E-state index contributed by atoms with van der Waals surface area (Å²) in [6.45, 7) is 4.25. The van der Waals surface area contributed by atoms with Crippen LogP contribution in [0.4, 0.5) is 5.69 Å². The zero-order valence-electron chi connectivity index (χ0n) is 11.7. The summed E-state index contributed by atoms with van der Waals surface area (Å²) in [5.74, 6) is 0.975. The van der Waals surface area contributed by atoms with Crippen molar-refractivity contribution >= 4 is 28.8 Å². The average molecular weight is 302 g/mol. The van der Waals surface area contributed by atoms with E-state index in [9.17, 15) is 5.26 Å². The Kier molecular flexibility index (Phi) is 5.51. The van der Waals surface area contributed by atoms with Gasteiger partial charge in [-0.05, 0) is 53.6 Å². The third kappa shape index (κ3) is 3.78. The van der Waals surface area contributed by atoms with E-state index in [2.05, 4.69) is 42.1 Å². The molecule has 0 bridgehead atoms. The molecule has 0 saturated carbocycles. The van der Waals surface area contributed by atoms with Crippen molar-refractivity contribution in [3.05, 3.63) is 46.2 Å². The van der Waals surface area contributed by atoms with Gasteiger partial charge in [0.25, 0.3) is 0 Å². The van der Waals surface area contributed by atoms with Crippen molar-refractivity contribution in [1.29, 1.82) is 5.26 Å². The highest BCUT2D eigenvalue weighted by molar-refractivity contribution is 7.99. The summed E-state index contributed by atoms with van der Waals surface area (Å²) >= 11 is 3.43. The van der Waals surface area contributed by atoms with E-state index >= 15 is 0 Å². The van der Waals surface area contributed by atoms with Crippen molar-refractivity contribution in [2.45, 2.75) is 31.2 Å². The number of nitriles is 1. The van der Waals surface area contributed by atoms with Crippen LogP contribution < -0.4 is 5.32 Å². The van der Waals surface area contributed by atoms with Gasteiger partial charge in [0.2, 0.25) is 0 Å². The number of nitrogens with zero attached hydrogens (tertiary/aromatic N) is 1. The lowest BCUT2D eigenvalue weighted by atomic mass is 10.1. The van der Waals surface area contributed by atoms with E-state index in [1.165, 1.54) is 5.56 Å². The molecule has 0 spiro atoms. The van der Waals surface area contributed by atoms with Crippen LogP contribution in [0.5, 0.6) is 0 Å². The van der Waals surface area contributed by atoms with Crippen molar-refractivity contribution in [2.24, 2.45) is 0 Å². The molecule has 0 fully saturated rings. The van der Waals surface area contributed by atoms with Crippen LogP contribution in [0.2, 0.25) is 0 Å². The molecule has 4 heteroatoms. The Morgan fingerprint density at radius 1 is 1.40 bits per heavy atom. The minimum absolute atomic E-state index is 0.304. The van der Waals surface area contributed by atoms with Crippen molar-refractivity contribution in [1.82, 2.24) is 0 Å². The van der Waals surface area contributed by atoms with Gasteiger partial charge in [0.05, 0.1) is 11.3 Å². The average Bonchev–Trinajstić information content (AvgIpc) is 2.92. The van der Waals surface area contributed by atoms with Gasteiger partial charge in [-0.25, -0.2) is 0 Å². The normalized spacial score (nSPS) is 11.8. The van der Waals surface area contributed by atoms with Crippen molar-refractivity contribution in [2.75, 3.05) is 11.1 Å². The zero-order valence-corrected chi connectivity index (χ0v) is 13.4. The summed E-state index contributed by atoms with van der Waals surface area (Å²) < 4.78 is 0. The van der Waals surface area contributed by atoms with Gasteiger partial charge >= 0.3 is 0 Å². The fraction of sp³-hybridized carbons (Fsp3) is 0.312. The van der Waals surface area contributed by atoms with Crippen LogP contribution in [0.3, 0.4) is 0 Å². The Bertz CT molecular complexity index is 585. The second-order valence-corrected chi connectivity index (χ2v) is 6.69. The first-order valence-electron chi connectivity index (χ1n) is 6.68. The lowest BCUT2D eigenvalue weighted by Crippen LogP contribution is -2.18. The summed E-state index contributed by atoms with van der Waals surface area (Å²) in [5.41, 5.74) is 3.04. The number of hydrogen-bond donors (Lipinski definition) is 1. The van der Waals surface area contributed by atoms with Gasteiger partial charge in [-0.2, -0.15) is 16.6 Å². The molecular formula is C16H18N2S2. The molecule has 1 aromatic carbocycles. The number of rotatable bonds is 6. The fourth-order valence-electron chi connectivity index (χ4n) is 2.12. The molecule has 1 N–H and O–H groups in total.